The molecule has 1 aromatic carbocycles. The lowest BCUT2D eigenvalue weighted by molar-refractivity contribution is -0.130. The fraction of sp³-hybridized carbons (Fsp3) is 0.250. The summed E-state index contributed by atoms with van der Waals surface area (Å²) in [4.78, 5) is 24.4. The van der Waals surface area contributed by atoms with Crippen molar-refractivity contribution in [3.63, 3.8) is 0 Å². The van der Waals surface area contributed by atoms with Crippen LogP contribution in [0.3, 0.4) is 0 Å². The number of hydrogen-bond acceptors (Lipinski definition) is 4. The van der Waals surface area contributed by atoms with Crippen LogP contribution >= 0.6 is 11.3 Å². The second-order valence-corrected chi connectivity index (χ2v) is 5.91. The maximum atomic E-state index is 13.1. The number of ether oxygens (including phenoxy) is 1. The van der Waals surface area contributed by atoms with Gasteiger partial charge in [-0.2, -0.15) is 11.3 Å². The molecule has 1 unspecified atom stereocenters. The van der Waals surface area contributed by atoms with Crippen LogP contribution in [0, 0.1) is 5.82 Å². The Kier molecular flexibility index (Phi) is 4.20. The lowest BCUT2D eigenvalue weighted by Gasteiger charge is -2.17. The molecule has 1 aliphatic carbocycles. The predicted octanol–water partition coefficient (Wildman–Crippen LogP) is 3.06. The molecule has 114 valence electrons. The molecule has 1 fully saturated rings. The van der Waals surface area contributed by atoms with Gasteiger partial charge < -0.3 is 10.1 Å². The lowest BCUT2D eigenvalue weighted by Crippen LogP contribution is -2.33. The average Bonchev–Trinajstić information content (AvgIpc) is 3.15. The Morgan fingerprint density at radius 2 is 1.95 bits per heavy atom. The van der Waals surface area contributed by atoms with E-state index in [1.165, 1.54) is 35.6 Å². The Morgan fingerprint density at radius 3 is 2.55 bits per heavy atom. The molecular formula is C16H14FNO3S. The number of nitrogens with one attached hydrogen (secondary N) is 1. The third-order valence-electron chi connectivity index (χ3n) is 3.32. The van der Waals surface area contributed by atoms with E-state index in [0.717, 1.165) is 12.8 Å². The first-order valence-corrected chi connectivity index (χ1v) is 7.87. The van der Waals surface area contributed by atoms with Crippen LogP contribution < -0.4 is 5.32 Å². The molecule has 6 heteroatoms. The van der Waals surface area contributed by atoms with Crippen LogP contribution in [0.4, 0.5) is 4.39 Å². The highest BCUT2D eigenvalue weighted by atomic mass is 32.1. The number of amides is 1. The number of carbonyl (C=O) groups is 2. The number of hydrogen-bond donors (Lipinski definition) is 1. The summed E-state index contributed by atoms with van der Waals surface area (Å²) in [5.41, 5.74) is 0.847. The van der Waals surface area contributed by atoms with Crippen molar-refractivity contribution in [2.75, 3.05) is 0 Å². The summed E-state index contributed by atoms with van der Waals surface area (Å²) in [5, 5.41) is 6.22. The van der Waals surface area contributed by atoms with Crippen molar-refractivity contribution < 1.29 is 18.7 Å². The van der Waals surface area contributed by atoms with Gasteiger partial charge in [0.2, 0.25) is 6.10 Å². The summed E-state index contributed by atoms with van der Waals surface area (Å²) in [6.45, 7) is 0. The van der Waals surface area contributed by atoms with Crippen molar-refractivity contribution in [1.82, 2.24) is 5.32 Å². The minimum absolute atomic E-state index is 0.148. The van der Waals surface area contributed by atoms with E-state index in [-0.39, 0.29) is 11.9 Å². The first-order chi connectivity index (χ1) is 10.6. The van der Waals surface area contributed by atoms with Crippen LogP contribution in [0.15, 0.2) is 41.1 Å². The van der Waals surface area contributed by atoms with Crippen molar-refractivity contribution >= 4 is 23.2 Å². The highest BCUT2D eigenvalue weighted by Gasteiger charge is 2.31. The van der Waals surface area contributed by atoms with E-state index >= 15 is 0 Å². The molecule has 0 saturated heterocycles. The van der Waals surface area contributed by atoms with Crippen LogP contribution in [-0.4, -0.2) is 17.9 Å². The highest BCUT2D eigenvalue weighted by molar-refractivity contribution is 7.08. The number of thiophene rings is 1. The van der Waals surface area contributed by atoms with E-state index in [4.69, 9.17) is 4.74 Å². The Hall–Kier alpha value is -2.21. The highest BCUT2D eigenvalue weighted by Crippen LogP contribution is 2.24. The standard InChI is InChI=1S/C16H14FNO3S/c17-12-3-1-10(2-4-12)14(15(19)18-13-5-6-13)21-16(20)11-7-8-22-9-11/h1-4,7-9,13-14H,5-6H2,(H,18,19). The number of carbonyl (C=O) groups excluding carboxylic acids is 2. The van der Waals surface area contributed by atoms with E-state index in [1.54, 1.807) is 16.8 Å². The second kappa shape index (κ2) is 6.27. The normalized spacial score (nSPS) is 15.1. The van der Waals surface area contributed by atoms with Crippen molar-refractivity contribution in [3.05, 3.63) is 58.0 Å². The minimum atomic E-state index is -1.08. The molecule has 0 spiro atoms. The molecule has 1 amide bonds. The SMILES string of the molecule is O=C(OC(C(=O)NC1CC1)c1ccc(F)cc1)c1ccsc1. The second-order valence-electron chi connectivity index (χ2n) is 5.13. The van der Waals surface area contributed by atoms with Crippen LogP contribution in [0.2, 0.25) is 0 Å². The van der Waals surface area contributed by atoms with E-state index in [0.29, 0.717) is 11.1 Å². The number of esters is 1. The van der Waals surface area contributed by atoms with E-state index in [2.05, 4.69) is 5.32 Å². The van der Waals surface area contributed by atoms with E-state index < -0.39 is 17.9 Å². The van der Waals surface area contributed by atoms with Gasteiger partial charge in [0.1, 0.15) is 5.82 Å². The largest absolute Gasteiger partial charge is 0.444 e. The molecule has 1 aromatic heterocycles. The van der Waals surface area contributed by atoms with Crippen LogP contribution in [0.5, 0.6) is 0 Å². The third-order valence-corrected chi connectivity index (χ3v) is 4.00. The summed E-state index contributed by atoms with van der Waals surface area (Å²) in [6, 6.07) is 7.17. The molecular weight excluding hydrogens is 305 g/mol. The smallest absolute Gasteiger partial charge is 0.340 e. The van der Waals surface area contributed by atoms with Crippen LogP contribution in [0.25, 0.3) is 0 Å². The topological polar surface area (TPSA) is 55.4 Å². The summed E-state index contributed by atoms with van der Waals surface area (Å²) in [5.74, 6) is -1.35. The van der Waals surface area contributed by atoms with Gasteiger partial charge in [0.15, 0.2) is 0 Å². The Labute approximate surface area is 130 Å². The maximum absolute atomic E-state index is 13.1. The fourth-order valence-corrected chi connectivity index (χ4v) is 2.60. The van der Waals surface area contributed by atoms with Crippen molar-refractivity contribution in [3.8, 4) is 0 Å². The molecule has 22 heavy (non-hydrogen) atoms. The monoisotopic (exact) mass is 319 g/mol. The number of rotatable bonds is 5. The summed E-state index contributed by atoms with van der Waals surface area (Å²) < 4.78 is 18.4. The van der Waals surface area contributed by atoms with Crippen molar-refractivity contribution in [2.24, 2.45) is 0 Å². The molecule has 1 heterocycles. The van der Waals surface area contributed by atoms with E-state index in [9.17, 15) is 14.0 Å². The number of halogens is 1. The third kappa shape index (κ3) is 3.51. The average molecular weight is 319 g/mol. The molecule has 3 rings (SSSR count). The fourth-order valence-electron chi connectivity index (χ4n) is 1.97. The zero-order valence-electron chi connectivity index (χ0n) is 11.6. The van der Waals surface area contributed by atoms with Crippen LogP contribution in [0.1, 0.15) is 34.9 Å². The van der Waals surface area contributed by atoms with Gasteiger partial charge in [0.25, 0.3) is 5.91 Å². The first-order valence-electron chi connectivity index (χ1n) is 6.92. The van der Waals surface area contributed by atoms with Crippen molar-refractivity contribution in [2.45, 2.75) is 25.0 Å². The van der Waals surface area contributed by atoms with Gasteiger partial charge in [-0.05, 0) is 36.4 Å². The molecule has 1 aliphatic rings. The van der Waals surface area contributed by atoms with Gasteiger partial charge in [0, 0.05) is 17.0 Å². The number of benzene rings is 1. The molecule has 4 nitrogen and oxygen atoms in total. The van der Waals surface area contributed by atoms with Gasteiger partial charge in [-0.15, -0.1) is 0 Å². The van der Waals surface area contributed by atoms with Gasteiger partial charge in [-0.1, -0.05) is 12.1 Å². The summed E-state index contributed by atoms with van der Waals surface area (Å²) in [7, 11) is 0. The summed E-state index contributed by atoms with van der Waals surface area (Å²) >= 11 is 1.37. The zero-order valence-corrected chi connectivity index (χ0v) is 12.4. The Balaban J connectivity index is 1.80. The van der Waals surface area contributed by atoms with Crippen LogP contribution in [-0.2, 0) is 9.53 Å². The Morgan fingerprint density at radius 1 is 1.23 bits per heavy atom. The molecule has 2 aromatic rings. The zero-order chi connectivity index (χ0) is 15.5. The molecule has 1 N–H and O–H groups in total. The minimum Gasteiger partial charge on any atom is -0.444 e. The molecule has 1 atom stereocenters. The maximum Gasteiger partial charge on any atom is 0.340 e. The molecule has 0 bridgehead atoms. The van der Waals surface area contributed by atoms with Gasteiger partial charge in [-0.3, -0.25) is 4.79 Å². The van der Waals surface area contributed by atoms with Gasteiger partial charge >= 0.3 is 5.97 Å². The molecule has 1 saturated carbocycles. The van der Waals surface area contributed by atoms with E-state index in [1.807, 2.05) is 0 Å². The molecule has 0 radical (unpaired) electrons. The van der Waals surface area contributed by atoms with Crippen molar-refractivity contribution in [1.29, 1.82) is 0 Å². The van der Waals surface area contributed by atoms with Gasteiger partial charge in [0.05, 0.1) is 5.56 Å². The van der Waals surface area contributed by atoms with Gasteiger partial charge in [-0.25, -0.2) is 9.18 Å². The molecule has 0 aliphatic heterocycles. The predicted molar refractivity (Wildman–Crippen MR) is 80.0 cm³/mol. The summed E-state index contributed by atoms with van der Waals surface area (Å²) in [6.07, 6.45) is 0.786. The quantitative estimate of drug-likeness (QED) is 0.862. The Bertz CT molecular complexity index is 665. The first kappa shape index (κ1) is 14.7. The lowest BCUT2D eigenvalue weighted by atomic mass is 10.1.